The predicted octanol–water partition coefficient (Wildman–Crippen LogP) is -1.66. The van der Waals surface area contributed by atoms with Crippen LogP contribution in [0.1, 0.15) is 40.0 Å². The zero-order valence-corrected chi connectivity index (χ0v) is 15.9. The van der Waals surface area contributed by atoms with Crippen LogP contribution in [0, 0.1) is 5.92 Å². The third-order valence-corrected chi connectivity index (χ3v) is 4.19. The molecular weight excluding hydrogens is 356 g/mol. The van der Waals surface area contributed by atoms with Crippen molar-refractivity contribution in [2.75, 3.05) is 13.1 Å². The Morgan fingerprint density at radius 2 is 1.78 bits per heavy atom. The van der Waals surface area contributed by atoms with Gasteiger partial charge in [0.05, 0.1) is 12.1 Å². The summed E-state index contributed by atoms with van der Waals surface area (Å²) in [5.74, 6) is -2.84. The highest BCUT2D eigenvalue weighted by atomic mass is 16.4. The summed E-state index contributed by atoms with van der Waals surface area (Å²) in [7, 11) is 0. The van der Waals surface area contributed by atoms with Crippen LogP contribution in [0.3, 0.4) is 0 Å². The van der Waals surface area contributed by atoms with E-state index in [9.17, 15) is 24.3 Å². The molecule has 0 aliphatic carbocycles. The minimum absolute atomic E-state index is 0.100. The number of aliphatic carboxylic acids is 1. The molecule has 1 saturated heterocycles. The molecule has 6 N–H and O–H groups in total. The molecule has 0 bridgehead atoms. The molecule has 0 aromatic rings. The summed E-state index contributed by atoms with van der Waals surface area (Å²) in [6.45, 7) is 5.21. The van der Waals surface area contributed by atoms with E-state index in [1.807, 2.05) is 13.8 Å². The molecule has 154 valence electrons. The molecule has 1 rings (SSSR count). The Morgan fingerprint density at radius 1 is 1.11 bits per heavy atom. The molecular formula is C17H30N4O6. The number of carbonyl (C=O) groups is 4. The number of aliphatic hydroxyl groups excluding tert-OH is 1. The zero-order valence-electron chi connectivity index (χ0n) is 15.9. The van der Waals surface area contributed by atoms with Crippen LogP contribution in [0.5, 0.6) is 0 Å². The Morgan fingerprint density at radius 3 is 2.26 bits per heavy atom. The first-order valence-corrected chi connectivity index (χ1v) is 9.13. The fraction of sp³-hybridized carbons (Fsp3) is 0.765. The van der Waals surface area contributed by atoms with Crippen LogP contribution in [0.25, 0.3) is 0 Å². The van der Waals surface area contributed by atoms with Crippen LogP contribution >= 0.6 is 0 Å². The van der Waals surface area contributed by atoms with Gasteiger partial charge in [-0.1, -0.05) is 13.8 Å². The molecule has 0 spiro atoms. The van der Waals surface area contributed by atoms with Gasteiger partial charge in [-0.2, -0.15) is 0 Å². The van der Waals surface area contributed by atoms with Gasteiger partial charge in [0, 0.05) is 0 Å². The Kier molecular flexibility index (Phi) is 9.16. The van der Waals surface area contributed by atoms with Crippen molar-refractivity contribution < 1.29 is 29.4 Å². The van der Waals surface area contributed by atoms with E-state index in [1.165, 1.54) is 6.92 Å². The van der Waals surface area contributed by atoms with Crippen LogP contribution in [-0.2, 0) is 19.2 Å². The van der Waals surface area contributed by atoms with Crippen LogP contribution < -0.4 is 21.3 Å². The van der Waals surface area contributed by atoms with Crippen molar-refractivity contribution in [3.63, 3.8) is 0 Å². The van der Waals surface area contributed by atoms with E-state index in [-0.39, 0.29) is 17.9 Å². The number of carboxylic acid groups (broad SMARTS) is 1. The Bertz CT molecular complexity index is 546. The average molecular weight is 386 g/mol. The number of hydrogen-bond acceptors (Lipinski definition) is 6. The number of carboxylic acids is 1. The van der Waals surface area contributed by atoms with Crippen molar-refractivity contribution >= 4 is 23.7 Å². The highest BCUT2D eigenvalue weighted by Gasteiger charge is 2.32. The molecule has 27 heavy (non-hydrogen) atoms. The predicted molar refractivity (Wildman–Crippen MR) is 96.7 cm³/mol. The minimum atomic E-state index is -1.33. The zero-order chi connectivity index (χ0) is 20.6. The topological polar surface area (TPSA) is 157 Å². The second kappa shape index (κ2) is 10.8. The van der Waals surface area contributed by atoms with Crippen molar-refractivity contribution in [2.45, 2.75) is 64.3 Å². The number of rotatable bonds is 10. The van der Waals surface area contributed by atoms with Gasteiger partial charge in [0.25, 0.3) is 0 Å². The van der Waals surface area contributed by atoms with E-state index in [0.29, 0.717) is 12.8 Å². The largest absolute Gasteiger partial charge is 0.480 e. The summed E-state index contributed by atoms with van der Waals surface area (Å²) >= 11 is 0. The molecule has 0 saturated carbocycles. The number of amides is 3. The second-order valence-electron chi connectivity index (χ2n) is 7.18. The molecule has 1 aliphatic heterocycles. The monoisotopic (exact) mass is 386 g/mol. The van der Waals surface area contributed by atoms with Gasteiger partial charge in [0.15, 0.2) is 0 Å². The van der Waals surface area contributed by atoms with Gasteiger partial charge >= 0.3 is 5.97 Å². The highest BCUT2D eigenvalue weighted by Crippen LogP contribution is 2.09. The summed E-state index contributed by atoms with van der Waals surface area (Å²) in [6.07, 6.45) is 0.686. The first-order valence-electron chi connectivity index (χ1n) is 9.13. The molecule has 1 fully saturated rings. The summed E-state index contributed by atoms with van der Waals surface area (Å²) < 4.78 is 0. The van der Waals surface area contributed by atoms with Gasteiger partial charge < -0.3 is 31.5 Å². The van der Waals surface area contributed by atoms with Gasteiger partial charge in [-0.3, -0.25) is 19.2 Å². The lowest BCUT2D eigenvalue weighted by Gasteiger charge is -2.26. The van der Waals surface area contributed by atoms with Crippen LogP contribution in [0.15, 0.2) is 0 Å². The molecule has 1 aliphatic rings. The van der Waals surface area contributed by atoms with Gasteiger partial charge in [-0.15, -0.1) is 0 Å². The lowest BCUT2D eigenvalue weighted by Crippen LogP contribution is -2.58. The minimum Gasteiger partial charge on any atom is -0.480 e. The third-order valence-electron chi connectivity index (χ3n) is 4.19. The normalized spacial score (nSPS) is 19.8. The number of hydrogen-bond donors (Lipinski definition) is 6. The van der Waals surface area contributed by atoms with E-state index in [4.69, 9.17) is 5.11 Å². The van der Waals surface area contributed by atoms with Gasteiger partial charge in [-0.05, 0) is 38.6 Å². The molecule has 10 heteroatoms. The first kappa shape index (κ1) is 22.8. The lowest BCUT2D eigenvalue weighted by atomic mass is 10.0. The summed E-state index contributed by atoms with van der Waals surface area (Å²) in [4.78, 5) is 47.6. The van der Waals surface area contributed by atoms with Gasteiger partial charge in [0.1, 0.15) is 18.6 Å². The lowest BCUT2D eigenvalue weighted by molar-refractivity contribution is -0.139. The summed E-state index contributed by atoms with van der Waals surface area (Å²) in [6, 6.07) is -2.54. The van der Waals surface area contributed by atoms with E-state index in [0.717, 1.165) is 13.0 Å². The third kappa shape index (κ3) is 7.92. The molecule has 0 aromatic heterocycles. The number of nitrogens with one attached hydrogen (secondary N) is 4. The van der Waals surface area contributed by atoms with Crippen molar-refractivity contribution in [1.82, 2.24) is 21.3 Å². The number of carbonyl (C=O) groups excluding carboxylic acids is 3. The van der Waals surface area contributed by atoms with Crippen LogP contribution in [0.4, 0.5) is 0 Å². The van der Waals surface area contributed by atoms with Crippen molar-refractivity contribution in [3.05, 3.63) is 0 Å². The Hall–Kier alpha value is -2.20. The maximum absolute atomic E-state index is 12.6. The maximum Gasteiger partial charge on any atom is 0.322 e. The first-order chi connectivity index (χ1) is 12.6. The van der Waals surface area contributed by atoms with E-state index >= 15 is 0 Å². The fourth-order valence-electron chi connectivity index (χ4n) is 2.82. The Labute approximate surface area is 158 Å². The second-order valence-corrected chi connectivity index (χ2v) is 7.18. The van der Waals surface area contributed by atoms with E-state index < -0.39 is 42.5 Å². The molecule has 3 amide bonds. The molecule has 0 radical (unpaired) electrons. The van der Waals surface area contributed by atoms with Crippen LogP contribution in [-0.4, -0.2) is 71.2 Å². The summed E-state index contributed by atoms with van der Waals surface area (Å²) in [5, 5.41) is 28.7. The number of aliphatic hydroxyl groups is 1. The standard InChI is InChI=1S/C17H30N4O6/c1-9(2)7-12(20-15(25)11-5-4-6-18-11)16(26)21-14(10(3)22)17(27)19-8-13(23)24/h9-12,14,18,22H,4-8H2,1-3H3,(H,19,27)(H,20,25)(H,21,26)(H,23,24). The van der Waals surface area contributed by atoms with Crippen molar-refractivity contribution in [2.24, 2.45) is 5.92 Å². The van der Waals surface area contributed by atoms with E-state index in [2.05, 4.69) is 21.3 Å². The smallest absolute Gasteiger partial charge is 0.322 e. The highest BCUT2D eigenvalue weighted by molar-refractivity contribution is 5.94. The van der Waals surface area contributed by atoms with E-state index in [1.54, 1.807) is 0 Å². The fourth-order valence-corrected chi connectivity index (χ4v) is 2.82. The quantitative estimate of drug-likeness (QED) is 0.262. The molecule has 4 unspecified atom stereocenters. The molecule has 4 atom stereocenters. The summed E-state index contributed by atoms with van der Waals surface area (Å²) in [5.41, 5.74) is 0. The van der Waals surface area contributed by atoms with Crippen LogP contribution in [0.2, 0.25) is 0 Å². The Balaban J connectivity index is 2.77. The van der Waals surface area contributed by atoms with Crippen molar-refractivity contribution in [1.29, 1.82) is 0 Å². The average Bonchev–Trinajstić information content (AvgIpc) is 3.10. The van der Waals surface area contributed by atoms with Gasteiger partial charge in [0.2, 0.25) is 17.7 Å². The molecule has 0 aromatic carbocycles. The molecule has 1 heterocycles. The van der Waals surface area contributed by atoms with Gasteiger partial charge in [-0.25, -0.2) is 0 Å². The maximum atomic E-state index is 12.6. The van der Waals surface area contributed by atoms with Crippen molar-refractivity contribution in [3.8, 4) is 0 Å². The molecule has 10 nitrogen and oxygen atoms in total. The SMILES string of the molecule is CC(C)CC(NC(=O)C1CCCN1)C(=O)NC(C(=O)NCC(=O)O)C(C)O.